The molecule has 4 heteroatoms. The van der Waals surface area contributed by atoms with Gasteiger partial charge in [0.2, 0.25) is 0 Å². The minimum absolute atomic E-state index is 0.318. The van der Waals surface area contributed by atoms with E-state index in [2.05, 4.69) is 23.9 Å². The molecular formula is C12H18N2O2. The highest BCUT2D eigenvalue weighted by atomic mass is 16.5. The van der Waals surface area contributed by atoms with Crippen molar-refractivity contribution in [3.63, 3.8) is 0 Å². The molecule has 0 aromatic carbocycles. The molecule has 2 heterocycles. The molecule has 0 amide bonds. The van der Waals surface area contributed by atoms with Crippen LogP contribution in [0.25, 0.3) is 0 Å². The highest BCUT2D eigenvalue weighted by Crippen LogP contribution is 2.29. The fourth-order valence-electron chi connectivity index (χ4n) is 2.34. The van der Waals surface area contributed by atoms with E-state index in [-0.39, 0.29) is 0 Å². The first kappa shape index (κ1) is 11.3. The molecular weight excluding hydrogens is 204 g/mol. The molecule has 16 heavy (non-hydrogen) atoms. The van der Waals surface area contributed by atoms with Crippen molar-refractivity contribution in [3.8, 4) is 0 Å². The highest BCUT2D eigenvalue weighted by Gasteiger charge is 2.27. The fraction of sp³-hybridized carbons (Fsp3) is 0.667. The third kappa shape index (κ3) is 2.16. The average Bonchev–Trinajstić information content (AvgIpc) is 2.77. The summed E-state index contributed by atoms with van der Waals surface area (Å²) in [4.78, 5) is 13.3. The van der Waals surface area contributed by atoms with Crippen molar-refractivity contribution in [3.05, 3.63) is 17.5 Å². The van der Waals surface area contributed by atoms with Crippen molar-refractivity contribution in [2.75, 3.05) is 13.1 Å². The molecule has 0 spiro atoms. The summed E-state index contributed by atoms with van der Waals surface area (Å²) in [6.07, 6.45) is 4.58. The van der Waals surface area contributed by atoms with Gasteiger partial charge in [-0.15, -0.1) is 0 Å². The minimum Gasteiger partial charge on any atom is -0.360 e. The summed E-state index contributed by atoms with van der Waals surface area (Å²) in [7, 11) is 0. The number of aldehydes is 1. The number of nitrogens with zero attached hydrogens (tertiary/aromatic N) is 2. The van der Waals surface area contributed by atoms with E-state index in [1.54, 1.807) is 0 Å². The van der Waals surface area contributed by atoms with Gasteiger partial charge in [-0.2, -0.15) is 0 Å². The number of carbonyl (C=O) groups is 1. The van der Waals surface area contributed by atoms with E-state index in [4.69, 9.17) is 4.52 Å². The van der Waals surface area contributed by atoms with Crippen molar-refractivity contribution < 1.29 is 9.32 Å². The predicted molar refractivity (Wildman–Crippen MR) is 60.6 cm³/mol. The van der Waals surface area contributed by atoms with E-state index >= 15 is 0 Å². The molecule has 1 unspecified atom stereocenters. The average molecular weight is 222 g/mol. The lowest BCUT2D eigenvalue weighted by Gasteiger charge is -2.34. The van der Waals surface area contributed by atoms with Gasteiger partial charge in [-0.05, 0) is 33.2 Å². The van der Waals surface area contributed by atoms with Crippen molar-refractivity contribution in [2.45, 2.75) is 38.6 Å². The predicted octanol–water partition coefficient (Wildman–Crippen LogP) is 2.07. The van der Waals surface area contributed by atoms with Crippen molar-refractivity contribution in [1.29, 1.82) is 0 Å². The van der Waals surface area contributed by atoms with Crippen LogP contribution in [0, 0.1) is 0 Å². The Morgan fingerprint density at radius 1 is 1.62 bits per heavy atom. The maximum Gasteiger partial charge on any atom is 0.155 e. The summed E-state index contributed by atoms with van der Waals surface area (Å²) in [6.45, 7) is 6.50. The van der Waals surface area contributed by atoms with Gasteiger partial charge in [0.25, 0.3) is 0 Å². The summed E-state index contributed by atoms with van der Waals surface area (Å²) in [5.41, 5.74) is 0.607. The normalized spacial score (nSPS) is 22.6. The van der Waals surface area contributed by atoms with E-state index in [0.29, 0.717) is 17.5 Å². The van der Waals surface area contributed by atoms with Crippen molar-refractivity contribution >= 4 is 6.29 Å². The van der Waals surface area contributed by atoms with E-state index in [1.807, 2.05) is 0 Å². The number of aromatic nitrogens is 1. The second-order valence-corrected chi connectivity index (χ2v) is 4.69. The molecule has 0 N–H and O–H groups in total. The zero-order valence-corrected chi connectivity index (χ0v) is 9.85. The van der Waals surface area contributed by atoms with Crippen LogP contribution >= 0.6 is 0 Å². The van der Waals surface area contributed by atoms with E-state index in [1.165, 1.54) is 6.20 Å². The number of carbonyl (C=O) groups excluding carboxylic acids is 1. The molecule has 1 aliphatic heterocycles. The van der Waals surface area contributed by atoms with Crippen LogP contribution in [-0.4, -0.2) is 35.5 Å². The zero-order chi connectivity index (χ0) is 11.5. The first-order valence-corrected chi connectivity index (χ1v) is 5.86. The van der Waals surface area contributed by atoms with Gasteiger partial charge >= 0.3 is 0 Å². The van der Waals surface area contributed by atoms with Crippen LogP contribution < -0.4 is 0 Å². The van der Waals surface area contributed by atoms with Crippen LogP contribution in [0.1, 0.15) is 48.7 Å². The number of hydrogen-bond acceptors (Lipinski definition) is 4. The van der Waals surface area contributed by atoms with Crippen molar-refractivity contribution in [1.82, 2.24) is 10.1 Å². The van der Waals surface area contributed by atoms with E-state index in [0.717, 1.165) is 38.0 Å². The Balaban J connectivity index is 2.12. The second kappa shape index (κ2) is 4.78. The lowest BCUT2D eigenvalue weighted by molar-refractivity contribution is 0.111. The molecule has 2 rings (SSSR count). The highest BCUT2D eigenvalue weighted by molar-refractivity contribution is 5.75. The Kier molecular flexibility index (Phi) is 3.39. The van der Waals surface area contributed by atoms with Gasteiger partial charge in [-0.1, -0.05) is 5.16 Å². The van der Waals surface area contributed by atoms with E-state index < -0.39 is 0 Å². The van der Waals surface area contributed by atoms with Crippen LogP contribution in [0.3, 0.4) is 0 Å². The third-order valence-electron chi connectivity index (χ3n) is 3.31. The first-order chi connectivity index (χ1) is 7.72. The molecule has 1 saturated heterocycles. The Morgan fingerprint density at radius 2 is 2.44 bits per heavy atom. The molecule has 0 bridgehead atoms. The monoisotopic (exact) mass is 222 g/mol. The van der Waals surface area contributed by atoms with Gasteiger partial charge < -0.3 is 9.42 Å². The maximum absolute atomic E-state index is 10.8. The number of likely N-dealkylation sites (tertiary alicyclic amines) is 1. The Bertz CT molecular complexity index is 360. The number of hydrogen-bond donors (Lipinski definition) is 0. The summed E-state index contributed by atoms with van der Waals surface area (Å²) in [6, 6.07) is 0.547. The van der Waals surface area contributed by atoms with Crippen LogP contribution in [0.15, 0.2) is 10.7 Å². The fourth-order valence-corrected chi connectivity index (χ4v) is 2.34. The van der Waals surface area contributed by atoms with Crippen LogP contribution in [-0.2, 0) is 0 Å². The summed E-state index contributed by atoms with van der Waals surface area (Å²) < 4.78 is 5.22. The summed E-state index contributed by atoms with van der Waals surface area (Å²) in [5.74, 6) is 1.08. The molecule has 1 aromatic rings. The maximum atomic E-state index is 10.8. The molecule has 0 radical (unpaired) electrons. The van der Waals surface area contributed by atoms with Gasteiger partial charge in [-0.3, -0.25) is 4.79 Å². The molecule has 0 aliphatic carbocycles. The molecule has 1 fully saturated rings. The second-order valence-electron chi connectivity index (χ2n) is 4.69. The standard InChI is InChI=1S/C12H18N2O2/c1-9(2)14-5-3-4-10(7-14)12-11(8-15)6-13-16-12/h6,8-10H,3-5,7H2,1-2H3. The third-order valence-corrected chi connectivity index (χ3v) is 3.31. The van der Waals surface area contributed by atoms with Gasteiger partial charge in [0.05, 0.1) is 11.8 Å². The molecule has 1 aliphatic rings. The zero-order valence-electron chi connectivity index (χ0n) is 9.85. The largest absolute Gasteiger partial charge is 0.360 e. The molecule has 88 valence electrons. The van der Waals surface area contributed by atoms with Crippen LogP contribution in [0.5, 0.6) is 0 Å². The Morgan fingerprint density at radius 3 is 3.12 bits per heavy atom. The Labute approximate surface area is 95.6 Å². The molecule has 4 nitrogen and oxygen atoms in total. The SMILES string of the molecule is CC(C)N1CCCC(c2oncc2C=O)C1. The van der Waals surface area contributed by atoms with E-state index in [9.17, 15) is 4.79 Å². The van der Waals surface area contributed by atoms with Crippen LogP contribution in [0.4, 0.5) is 0 Å². The minimum atomic E-state index is 0.318. The molecule has 1 atom stereocenters. The summed E-state index contributed by atoms with van der Waals surface area (Å²) in [5, 5.41) is 3.71. The Hall–Kier alpha value is -1.16. The van der Waals surface area contributed by atoms with Gasteiger partial charge in [-0.25, -0.2) is 0 Å². The first-order valence-electron chi connectivity index (χ1n) is 5.86. The van der Waals surface area contributed by atoms with Gasteiger partial charge in [0.15, 0.2) is 12.0 Å². The smallest absolute Gasteiger partial charge is 0.155 e. The summed E-state index contributed by atoms with van der Waals surface area (Å²) >= 11 is 0. The van der Waals surface area contributed by atoms with Crippen molar-refractivity contribution in [2.24, 2.45) is 0 Å². The quantitative estimate of drug-likeness (QED) is 0.734. The molecule has 0 saturated carbocycles. The topological polar surface area (TPSA) is 46.3 Å². The van der Waals surface area contributed by atoms with Gasteiger partial charge in [0.1, 0.15) is 0 Å². The lowest BCUT2D eigenvalue weighted by atomic mass is 9.93. The number of piperidine rings is 1. The molecule has 1 aromatic heterocycles. The van der Waals surface area contributed by atoms with Crippen LogP contribution in [0.2, 0.25) is 0 Å². The van der Waals surface area contributed by atoms with Gasteiger partial charge in [0, 0.05) is 18.5 Å². The number of rotatable bonds is 3. The lowest BCUT2D eigenvalue weighted by Crippen LogP contribution is -2.39.